The lowest BCUT2D eigenvalue weighted by molar-refractivity contribution is 0.818. The zero-order chi connectivity index (χ0) is 12.3. The number of nitrogens with zero attached hydrogens (tertiary/aromatic N) is 1. The molecule has 0 aliphatic rings. The van der Waals surface area contributed by atoms with Crippen LogP contribution in [0.1, 0.15) is 11.1 Å². The number of hydrogen-bond acceptors (Lipinski definition) is 2. The van der Waals surface area contributed by atoms with E-state index < -0.39 is 0 Å². The van der Waals surface area contributed by atoms with E-state index in [1.54, 1.807) is 6.20 Å². The van der Waals surface area contributed by atoms with Gasteiger partial charge in [0.05, 0.1) is 0 Å². The molecule has 3 heteroatoms. The van der Waals surface area contributed by atoms with Gasteiger partial charge in [-0.2, -0.15) is 0 Å². The third-order valence-corrected chi connectivity index (χ3v) is 3.04. The molecule has 1 aromatic heterocycles. The highest BCUT2D eigenvalue weighted by atomic mass is 35.5. The highest BCUT2D eigenvalue weighted by Gasteiger charge is 2.06. The summed E-state index contributed by atoms with van der Waals surface area (Å²) in [5.74, 6) is 0. The van der Waals surface area contributed by atoms with Crippen molar-refractivity contribution in [3.8, 4) is 11.1 Å². The van der Waals surface area contributed by atoms with Crippen molar-refractivity contribution in [3.05, 3.63) is 52.8 Å². The number of rotatable bonds is 3. The molecule has 1 aromatic carbocycles. The van der Waals surface area contributed by atoms with Gasteiger partial charge in [0, 0.05) is 29.5 Å². The van der Waals surface area contributed by atoms with E-state index in [0.717, 1.165) is 28.3 Å². The lowest BCUT2D eigenvalue weighted by Gasteiger charge is -2.09. The number of halogens is 1. The molecular weight excluding hydrogens is 232 g/mol. The molecule has 88 valence electrons. The van der Waals surface area contributed by atoms with Gasteiger partial charge in [-0.05, 0) is 42.8 Å². The molecule has 2 nitrogen and oxygen atoms in total. The van der Waals surface area contributed by atoms with Crippen LogP contribution in [0, 0.1) is 6.92 Å². The van der Waals surface area contributed by atoms with Gasteiger partial charge in [0.15, 0.2) is 0 Å². The first kappa shape index (κ1) is 12.1. The van der Waals surface area contributed by atoms with Crippen LogP contribution < -0.4 is 5.32 Å². The summed E-state index contributed by atoms with van der Waals surface area (Å²) in [5, 5.41) is 3.90. The van der Waals surface area contributed by atoms with Crippen molar-refractivity contribution < 1.29 is 0 Å². The van der Waals surface area contributed by atoms with Crippen LogP contribution in [-0.2, 0) is 6.54 Å². The Bertz CT molecular complexity index is 523. The summed E-state index contributed by atoms with van der Waals surface area (Å²) < 4.78 is 0. The molecule has 0 bridgehead atoms. The number of benzene rings is 1. The Morgan fingerprint density at radius 1 is 1.24 bits per heavy atom. The van der Waals surface area contributed by atoms with Crippen molar-refractivity contribution in [3.63, 3.8) is 0 Å². The summed E-state index contributed by atoms with van der Waals surface area (Å²) in [7, 11) is 1.93. The van der Waals surface area contributed by atoms with Gasteiger partial charge < -0.3 is 5.32 Å². The van der Waals surface area contributed by atoms with Gasteiger partial charge in [-0.3, -0.25) is 4.98 Å². The third kappa shape index (κ3) is 2.65. The number of nitrogens with one attached hydrogen (secondary N) is 1. The van der Waals surface area contributed by atoms with Gasteiger partial charge in [0.2, 0.25) is 0 Å². The normalized spacial score (nSPS) is 10.5. The maximum atomic E-state index is 6.32. The van der Waals surface area contributed by atoms with Crippen molar-refractivity contribution in [2.24, 2.45) is 0 Å². The number of hydrogen-bond donors (Lipinski definition) is 1. The molecule has 0 atom stereocenters. The van der Waals surface area contributed by atoms with Crippen LogP contribution in [0.15, 0.2) is 36.7 Å². The summed E-state index contributed by atoms with van der Waals surface area (Å²) in [6, 6.07) is 8.16. The maximum Gasteiger partial charge on any atom is 0.0487 e. The fraction of sp³-hybridized carbons (Fsp3) is 0.214. The van der Waals surface area contributed by atoms with E-state index in [2.05, 4.69) is 22.4 Å². The molecule has 0 spiro atoms. The Kier molecular flexibility index (Phi) is 3.77. The molecule has 1 heterocycles. The molecule has 0 saturated heterocycles. The largest absolute Gasteiger partial charge is 0.316 e. The summed E-state index contributed by atoms with van der Waals surface area (Å²) in [4.78, 5) is 4.09. The second-order valence-corrected chi connectivity index (χ2v) is 4.44. The average molecular weight is 247 g/mol. The standard InChI is InChI=1S/C14H15ClN2/c1-10-8-17-6-5-12(10)13-4-3-11(9-16-2)7-14(13)15/h3-8,16H,9H2,1-2H3. The lowest BCUT2D eigenvalue weighted by atomic mass is 10.0. The van der Waals surface area contributed by atoms with Crippen LogP contribution in [0.3, 0.4) is 0 Å². The minimum absolute atomic E-state index is 0.784. The van der Waals surface area contributed by atoms with Crippen LogP contribution in [-0.4, -0.2) is 12.0 Å². The zero-order valence-electron chi connectivity index (χ0n) is 10.00. The minimum atomic E-state index is 0.784. The smallest absolute Gasteiger partial charge is 0.0487 e. The maximum absolute atomic E-state index is 6.32. The molecule has 0 saturated carbocycles. The molecule has 2 rings (SSSR count). The fourth-order valence-electron chi connectivity index (χ4n) is 1.87. The van der Waals surface area contributed by atoms with Crippen molar-refractivity contribution in [2.75, 3.05) is 7.05 Å². The van der Waals surface area contributed by atoms with E-state index in [-0.39, 0.29) is 0 Å². The first-order valence-electron chi connectivity index (χ1n) is 5.56. The lowest BCUT2D eigenvalue weighted by Crippen LogP contribution is -2.04. The highest BCUT2D eigenvalue weighted by molar-refractivity contribution is 6.33. The molecule has 0 fully saturated rings. The molecule has 0 unspecified atom stereocenters. The van der Waals surface area contributed by atoms with Crippen molar-refractivity contribution in [2.45, 2.75) is 13.5 Å². The van der Waals surface area contributed by atoms with E-state index in [4.69, 9.17) is 11.6 Å². The molecule has 0 aliphatic heterocycles. The van der Waals surface area contributed by atoms with Gasteiger partial charge in [-0.1, -0.05) is 23.7 Å². The van der Waals surface area contributed by atoms with Gasteiger partial charge in [0.1, 0.15) is 0 Å². The quantitative estimate of drug-likeness (QED) is 0.898. The molecule has 0 amide bonds. The molecule has 2 aromatic rings. The monoisotopic (exact) mass is 246 g/mol. The summed E-state index contributed by atoms with van der Waals surface area (Å²) in [6.45, 7) is 2.87. The predicted octanol–water partition coefficient (Wildman–Crippen LogP) is 3.43. The fourth-order valence-corrected chi connectivity index (χ4v) is 2.17. The van der Waals surface area contributed by atoms with Crippen molar-refractivity contribution >= 4 is 11.6 Å². The highest BCUT2D eigenvalue weighted by Crippen LogP contribution is 2.30. The Hall–Kier alpha value is -1.38. The van der Waals surface area contributed by atoms with Gasteiger partial charge >= 0.3 is 0 Å². The van der Waals surface area contributed by atoms with Gasteiger partial charge in [-0.25, -0.2) is 0 Å². The van der Waals surface area contributed by atoms with Gasteiger partial charge in [-0.15, -0.1) is 0 Å². The van der Waals surface area contributed by atoms with Crippen LogP contribution in [0.25, 0.3) is 11.1 Å². The molecule has 0 aliphatic carbocycles. The SMILES string of the molecule is CNCc1ccc(-c2ccncc2C)c(Cl)c1. The summed E-state index contributed by atoms with van der Waals surface area (Å²) in [6.07, 6.45) is 3.65. The summed E-state index contributed by atoms with van der Waals surface area (Å²) >= 11 is 6.32. The van der Waals surface area contributed by atoms with E-state index in [0.29, 0.717) is 0 Å². The van der Waals surface area contributed by atoms with Crippen molar-refractivity contribution in [1.29, 1.82) is 0 Å². The Morgan fingerprint density at radius 2 is 2.06 bits per heavy atom. The summed E-state index contributed by atoms with van der Waals surface area (Å²) in [5.41, 5.74) is 4.52. The second-order valence-electron chi connectivity index (χ2n) is 4.04. The van der Waals surface area contributed by atoms with E-state index in [1.165, 1.54) is 5.56 Å². The van der Waals surface area contributed by atoms with Gasteiger partial charge in [0.25, 0.3) is 0 Å². The zero-order valence-corrected chi connectivity index (χ0v) is 10.8. The minimum Gasteiger partial charge on any atom is -0.316 e. The van der Waals surface area contributed by atoms with Crippen LogP contribution in [0.4, 0.5) is 0 Å². The van der Waals surface area contributed by atoms with E-state index in [1.807, 2.05) is 32.3 Å². The average Bonchev–Trinajstić information content (AvgIpc) is 2.31. The van der Waals surface area contributed by atoms with E-state index in [9.17, 15) is 0 Å². The Labute approximate surface area is 107 Å². The van der Waals surface area contributed by atoms with Crippen molar-refractivity contribution in [1.82, 2.24) is 10.3 Å². The molecular formula is C14H15ClN2. The molecule has 17 heavy (non-hydrogen) atoms. The van der Waals surface area contributed by atoms with Crippen LogP contribution >= 0.6 is 11.6 Å². The second kappa shape index (κ2) is 5.30. The first-order chi connectivity index (χ1) is 8.22. The topological polar surface area (TPSA) is 24.9 Å². The van der Waals surface area contributed by atoms with Crippen LogP contribution in [0.5, 0.6) is 0 Å². The number of pyridine rings is 1. The number of aromatic nitrogens is 1. The molecule has 0 radical (unpaired) electrons. The number of aryl methyl sites for hydroxylation is 1. The first-order valence-corrected chi connectivity index (χ1v) is 5.94. The Morgan fingerprint density at radius 3 is 2.71 bits per heavy atom. The molecule has 1 N–H and O–H groups in total. The van der Waals surface area contributed by atoms with Crippen LogP contribution in [0.2, 0.25) is 5.02 Å². The third-order valence-electron chi connectivity index (χ3n) is 2.72. The Balaban J connectivity index is 2.44. The predicted molar refractivity (Wildman–Crippen MR) is 72.2 cm³/mol. The van der Waals surface area contributed by atoms with E-state index >= 15 is 0 Å².